The maximum Gasteiger partial charge on any atom is 0.0576 e. The molecule has 1 fully saturated rings. The van der Waals surface area contributed by atoms with Crippen LogP contribution in [0.4, 0.5) is 0 Å². The van der Waals surface area contributed by atoms with Crippen LogP contribution in [0.5, 0.6) is 0 Å². The minimum absolute atomic E-state index is 0.476. The molecule has 2 N–H and O–H groups in total. The molecule has 0 bridgehead atoms. The van der Waals surface area contributed by atoms with E-state index in [-0.39, 0.29) is 0 Å². The average molecular weight is 312 g/mol. The number of ether oxygens (including phenoxy) is 1. The van der Waals surface area contributed by atoms with Crippen LogP contribution in [0, 0.1) is 0 Å². The third kappa shape index (κ3) is 4.08. The lowest BCUT2D eigenvalue weighted by atomic mass is 9.93. The van der Waals surface area contributed by atoms with E-state index >= 15 is 0 Å². The molecule has 1 heterocycles. The second-order valence-electron chi connectivity index (χ2n) is 5.05. The summed E-state index contributed by atoms with van der Waals surface area (Å²) in [5.74, 6) is 0.476. The van der Waals surface area contributed by atoms with E-state index < -0.39 is 0 Å². The summed E-state index contributed by atoms with van der Waals surface area (Å²) in [5.41, 5.74) is 7.25. The lowest BCUT2D eigenvalue weighted by Gasteiger charge is -2.16. The van der Waals surface area contributed by atoms with Crippen LogP contribution < -0.4 is 5.73 Å². The van der Waals surface area contributed by atoms with Crippen molar-refractivity contribution < 1.29 is 4.74 Å². The lowest BCUT2D eigenvalue weighted by Crippen LogP contribution is -2.13. The van der Waals surface area contributed by atoms with Crippen LogP contribution in [0.1, 0.15) is 43.6 Å². The molecule has 2 nitrogen and oxygen atoms in total. The number of hydrogen-bond acceptors (Lipinski definition) is 2. The Hall–Kier alpha value is -0.380. The van der Waals surface area contributed by atoms with E-state index in [0.29, 0.717) is 12.0 Å². The molecule has 1 aromatic rings. The summed E-state index contributed by atoms with van der Waals surface area (Å²) >= 11 is 3.52. The van der Waals surface area contributed by atoms with Gasteiger partial charge in [-0.3, -0.25) is 0 Å². The van der Waals surface area contributed by atoms with Crippen LogP contribution in [0.15, 0.2) is 28.7 Å². The Labute approximate surface area is 118 Å². The monoisotopic (exact) mass is 311 g/mol. The van der Waals surface area contributed by atoms with Gasteiger partial charge >= 0.3 is 0 Å². The molecule has 0 saturated carbocycles. The van der Waals surface area contributed by atoms with Gasteiger partial charge in [-0.25, -0.2) is 0 Å². The van der Waals surface area contributed by atoms with E-state index in [1.165, 1.54) is 31.2 Å². The van der Waals surface area contributed by atoms with E-state index in [1.54, 1.807) is 0 Å². The molecule has 2 unspecified atom stereocenters. The third-order valence-electron chi connectivity index (χ3n) is 3.71. The standard InChI is InChI=1S/C15H22BrNO/c16-14-6-1-4-12(10-14)13(11-17)5-2-7-15-8-3-9-18-15/h1,4,6,10,13,15H,2-3,5,7-9,11,17H2. The Kier molecular flexibility index (Phi) is 5.67. The second-order valence-corrected chi connectivity index (χ2v) is 5.97. The van der Waals surface area contributed by atoms with Gasteiger partial charge < -0.3 is 10.5 Å². The molecule has 1 saturated heterocycles. The van der Waals surface area contributed by atoms with Crippen LogP contribution in [0.25, 0.3) is 0 Å². The third-order valence-corrected chi connectivity index (χ3v) is 4.20. The van der Waals surface area contributed by atoms with Gasteiger partial charge in [-0.05, 0) is 55.8 Å². The minimum Gasteiger partial charge on any atom is -0.378 e. The molecule has 0 aromatic heterocycles. The van der Waals surface area contributed by atoms with Crippen molar-refractivity contribution in [3.63, 3.8) is 0 Å². The smallest absolute Gasteiger partial charge is 0.0576 e. The average Bonchev–Trinajstić information content (AvgIpc) is 2.88. The van der Waals surface area contributed by atoms with Gasteiger partial charge in [0.25, 0.3) is 0 Å². The highest BCUT2D eigenvalue weighted by Crippen LogP contribution is 2.26. The second kappa shape index (κ2) is 7.27. The maximum absolute atomic E-state index is 5.90. The number of hydrogen-bond donors (Lipinski definition) is 1. The molecule has 18 heavy (non-hydrogen) atoms. The maximum atomic E-state index is 5.90. The molecule has 1 aliphatic heterocycles. The highest BCUT2D eigenvalue weighted by molar-refractivity contribution is 9.10. The Morgan fingerprint density at radius 2 is 2.33 bits per heavy atom. The number of nitrogens with two attached hydrogens (primary N) is 1. The fraction of sp³-hybridized carbons (Fsp3) is 0.600. The quantitative estimate of drug-likeness (QED) is 0.866. The van der Waals surface area contributed by atoms with Gasteiger partial charge in [-0.2, -0.15) is 0 Å². The molecule has 0 spiro atoms. The highest BCUT2D eigenvalue weighted by atomic mass is 79.9. The minimum atomic E-state index is 0.476. The normalized spacial score (nSPS) is 21.1. The Bertz CT molecular complexity index is 363. The van der Waals surface area contributed by atoms with E-state index in [4.69, 9.17) is 10.5 Å². The summed E-state index contributed by atoms with van der Waals surface area (Å²) in [6.07, 6.45) is 6.53. The predicted octanol–water partition coefficient (Wildman–Crippen LogP) is 3.84. The summed E-state index contributed by atoms with van der Waals surface area (Å²) in [5, 5.41) is 0. The Morgan fingerprint density at radius 3 is 3.00 bits per heavy atom. The molecule has 1 aliphatic rings. The summed E-state index contributed by atoms with van der Waals surface area (Å²) < 4.78 is 6.79. The molecular formula is C15H22BrNO. The zero-order valence-electron chi connectivity index (χ0n) is 10.8. The molecule has 0 amide bonds. The molecule has 3 heteroatoms. The predicted molar refractivity (Wildman–Crippen MR) is 78.8 cm³/mol. The first-order valence-electron chi connectivity index (χ1n) is 6.86. The molecule has 1 aromatic carbocycles. The van der Waals surface area contributed by atoms with Crippen molar-refractivity contribution in [3.8, 4) is 0 Å². The number of benzene rings is 1. The van der Waals surface area contributed by atoms with Crippen LogP contribution in [0.2, 0.25) is 0 Å². The first-order valence-corrected chi connectivity index (χ1v) is 7.66. The van der Waals surface area contributed by atoms with Crippen molar-refractivity contribution in [3.05, 3.63) is 34.3 Å². The van der Waals surface area contributed by atoms with Gasteiger partial charge in [0.15, 0.2) is 0 Å². The van der Waals surface area contributed by atoms with Crippen molar-refractivity contribution in [2.45, 2.75) is 44.1 Å². The summed E-state index contributed by atoms with van der Waals surface area (Å²) in [4.78, 5) is 0. The van der Waals surface area contributed by atoms with Crippen molar-refractivity contribution >= 4 is 15.9 Å². The van der Waals surface area contributed by atoms with Crippen molar-refractivity contribution in [1.82, 2.24) is 0 Å². The van der Waals surface area contributed by atoms with Crippen LogP contribution in [-0.4, -0.2) is 19.3 Å². The van der Waals surface area contributed by atoms with Gasteiger partial charge in [0.05, 0.1) is 6.10 Å². The summed E-state index contributed by atoms with van der Waals surface area (Å²) in [7, 11) is 0. The van der Waals surface area contributed by atoms with Gasteiger partial charge in [-0.1, -0.05) is 34.5 Å². The van der Waals surface area contributed by atoms with Gasteiger partial charge in [0, 0.05) is 11.1 Å². The molecule has 2 atom stereocenters. The fourth-order valence-electron chi connectivity index (χ4n) is 2.65. The fourth-order valence-corrected chi connectivity index (χ4v) is 3.06. The van der Waals surface area contributed by atoms with Crippen molar-refractivity contribution in [2.75, 3.05) is 13.2 Å². The largest absolute Gasteiger partial charge is 0.378 e. The van der Waals surface area contributed by atoms with E-state index in [2.05, 4.69) is 40.2 Å². The zero-order chi connectivity index (χ0) is 12.8. The molecular weight excluding hydrogens is 290 g/mol. The summed E-state index contributed by atoms with van der Waals surface area (Å²) in [6, 6.07) is 8.50. The van der Waals surface area contributed by atoms with Crippen molar-refractivity contribution in [1.29, 1.82) is 0 Å². The zero-order valence-corrected chi connectivity index (χ0v) is 12.4. The van der Waals surface area contributed by atoms with Crippen LogP contribution in [-0.2, 0) is 4.74 Å². The topological polar surface area (TPSA) is 35.2 Å². The highest BCUT2D eigenvalue weighted by Gasteiger charge is 2.16. The summed E-state index contributed by atoms with van der Waals surface area (Å²) in [6.45, 7) is 1.68. The first-order chi connectivity index (χ1) is 8.79. The van der Waals surface area contributed by atoms with Gasteiger partial charge in [-0.15, -0.1) is 0 Å². The molecule has 0 aliphatic carbocycles. The Morgan fingerprint density at radius 1 is 1.44 bits per heavy atom. The molecule has 0 radical (unpaired) electrons. The van der Waals surface area contributed by atoms with E-state index in [1.807, 2.05) is 0 Å². The van der Waals surface area contributed by atoms with Gasteiger partial charge in [0.1, 0.15) is 0 Å². The number of halogens is 1. The molecule has 100 valence electrons. The van der Waals surface area contributed by atoms with E-state index in [9.17, 15) is 0 Å². The van der Waals surface area contributed by atoms with Crippen molar-refractivity contribution in [2.24, 2.45) is 5.73 Å². The SMILES string of the molecule is NCC(CCCC1CCCO1)c1cccc(Br)c1. The van der Waals surface area contributed by atoms with Gasteiger partial charge in [0.2, 0.25) is 0 Å². The van der Waals surface area contributed by atoms with Crippen LogP contribution in [0.3, 0.4) is 0 Å². The van der Waals surface area contributed by atoms with Crippen LogP contribution >= 0.6 is 15.9 Å². The molecule has 2 rings (SSSR count). The number of rotatable bonds is 6. The first kappa shape index (κ1) is 14.0. The lowest BCUT2D eigenvalue weighted by molar-refractivity contribution is 0.101. The Balaban J connectivity index is 1.81. The van der Waals surface area contributed by atoms with E-state index in [0.717, 1.165) is 24.0 Å².